The van der Waals surface area contributed by atoms with Crippen LogP contribution in [0.2, 0.25) is 0 Å². The highest BCUT2D eigenvalue weighted by Gasteiger charge is 2.17. The Morgan fingerprint density at radius 2 is 2.00 bits per heavy atom. The third kappa shape index (κ3) is 4.07. The van der Waals surface area contributed by atoms with E-state index in [9.17, 15) is 4.79 Å². The third-order valence-electron chi connectivity index (χ3n) is 4.47. The Bertz CT molecular complexity index is 765. The number of aromatic nitrogens is 2. The lowest BCUT2D eigenvalue weighted by Crippen LogP contribution is -2.37. The average molecular weight is 325 g/mol. The zero-order chi connectivity index (χ0) is 16.9. The first-order chi connectivity index (χ1) is 11.6. The minimum absolute atomic E-state index is 0.0468. The molecule has 2 aromatic rings. The van der Waals surface area contributed by atoms with Gasteiger partial charge in [0.1, 0.15) is 0 Å². The molecule has 1 aliphatic rings. The number of aliphatic imine (C=N–C) groups is 1. The number of hydrogen-bond acceptors (Lipinski definition) is 4. The summed E-state index contributed by atoms with van der Waals surface area (Å²) in [5.74, 6) is 0.693. The summed E-state index contributed by atoms with van der Waals surface area (Å²) < 4.78 is 0. The summed E-state index contributed by atoms with van der Waals surface area (Å²) in [5, 5.41) is 3.63. The van der Waals surface area contributed by atoms with Crippen molar-refractivity contribution in [1.29, 1.82) is 0 Å². The molecule has 0 saturated heterocycles. The van der Waals surface area contributed by atoms with Crippen LogP contribution in [0.5, 0.6) is 0 Å². The van der Waals surface area contributed by atoms with Crippen LogP contribution in [0.4, 0.5) is 5.95 Å². The monoisotopic (exact) mass is 325 g/mol. The lowest BCUT2D eigenvalue weighted by Gasteiger charge is -2.20. The van der Waals surface area contributed by atoms with Gasteiger partial charge in [-0.3, -0.25) is 10.1 Å². The Hall–Kier alpha value is -2.50. The van der Waals surface area contributed by atoms with E-state index in [0.29, 0.717) is 12.3 Å². The highest BCUT2D eigenvalue weighted by molar-refractivity contribution is 5.97. The van der Waals surface area contributed by atoms with Crippen LogP contribution in [-0.4, -0.2) is 21.8 Å². The second kappa shape index (κ2) is 7.38. The van der Waals surface area contributed by atoms with Gasteiger partial charge >= 0.3 is 0 Å². The molecule has 1 aliphatic carbocycles. The van der Waals surface area contributed by atoms with Gasteiger partial charge in [-0.2, -0.15) is 4.99 Å². The fraction of sp³-hybridized carbons (Fsp3) is 0.444. The third-order valence-corrected chi connectivity index (χ3v) is 4.47. The van der Waals surface area contributed by atoms with Gasteiger partial charge in [-0.1, -0.05) is 37.5 Å². The summed E-state index contributed by atoms with van der Waals surface area (Å²) in [7, 11) is 0. The van der Waals surface area contributed by atoms with Crippen LogP contribution in [0.15, 0.2) is 29.3 Å². The van der Waals surface area contributed by atoms with E-state index in [4.69, 9.17) is 5.73 Å². The van der Waals surface area contributed by atoms with Crippen molar-refractivity contribution >= 4 is 28.7 Å². The summed E-state index contributed by atoms with van der Waals surface area (Å²) in [6.07, 6.45) is 6.46. The summed E-state index contributed by atoms with van der Waals surface area (Å²) in [5.41, 5.74) is 7.49. The van der Waals surface area contributed by atoms with Crippen LogP contribution >= 0.6 is 0 Å². The first-order valence-electron chi connectivity index (χ1n) is 8.49. The minimum atomic E-state index is -0.0827. The molecule has 0 aliphatic heterocycles. The molecule has 126 valence electrons. The second-order valence-corrected chi connectivity index (χ2v) is 6.38. The topological polar surface area (TPSA) is 93.3 Å². The van der Waals surface area contributed by atoms with Crippen molar-refractivity contribution < 1.29 is 4.79 Å². The van der Waals surface area contributed by atoms with E-state index in [2.05, 4.69) is 20.3 Å². The minimum Gasteiger partial charge on any atom is -0.369 e. The molecule has 1 heterocycles. The summed E-state index contributed by atoms with van der Waals surface area (Å²) in [4.78, 5) is 24.9. The Morgan fingerprint density at radius 1 is 1.25 bits per heavy atom. The quantitative estimate of drug-likeness (QED) is 0.670. The Labute approximate surface area is 141 Å². The molecule has 0 bridgehead atoms. The van der Waals surface area contributed by atoms with Crippen molar-refractivity contribution in [3.05, 3.63) is 30.0 Å². The molecule has 0 radical (unpaired) electrons. The molecule has 1 aromatic heterocycles. The van der Waals surface area contributed by atoms with Crippen molar-refractivity contribution in [3.8, 4) is 0 Å². The number of nitrogens with zero attached hydrogens (tertiary/aromatic N) is 3. The van der Waals surface area contributed by atoms with Gasteiger partial charge in [-0.15, -0.1) is 0 Å². The number of carbonyl (C=O) groups is 1. The van der Waals surface area contributed by atoms with Gasteiger partial charge in [0.25, 0.3) is 5.95 Å². The van der Waals surface area contributed by atoms with Crippen LogP contribution in [0.3, 0.4) is 0 Å². The molecule has 1 amide bonds. The van der Waals surface area contributed by atoms with Crippen LogP contribution in [0.1, 0.15) is 44.2 Å². The predicted molar refractivity (Wildman–Crippen MR) is 94.9 cm³/mol. The van der Waals surface area contributed by atoms with Crippen molar-refractivity contribution in [2.24, 2.45) is 16.6 Å². The maximum atomic E-state index is 12.1. The fourth-order valence-corrected chi connectivity index (χ4v) is 3.25. The van der Waals surface area contributed by atoms with Gasteiger partial charge < -0.3 is 5.73 Å². The summed E-state index contributed by atoms with van der Waals surface area (Å²) in [6.45, 7) is 1.90. The molecular weight excluding hydrogens is 302 g/mol. The van der Waals surface area contributed by atoms with E-state index in [-0.39, 0.29) is 17.8 Å². The summed E-state index contributed by atoms with van der Waals surface area (Å²) >= 11 is 0. The molecule has 1 saturated carbocycles. The zero-order valence-corrected chi connectivity index (χ0v) is 14.0. The Balaban J connectivity index is 1.67. The van der Waals surface area contributed by atoms with E-state index in [1.54, 1.807) is 0 Å². The standard InChI is InChI=1S/C18H23N5O/c1-12-14-9-5-6-10-15(14)21-18(20-12)23-17(19)22-16(24)11-13-7-3-2-4-8-13/h5-6,9-10,13H,2-4,7-8,11H2,1H3,(H3,19,20,21,22,23,24). The first kappa shape index (κ1) is 16.4. The number of hydrogen-bond donors (Lipinski definition) is 2. The number of carbonyl (C=O) groups excluding carboxylic acids is 1. The van der Waals surface area contributed by atoms with Gasteiger partial charge in [-0.25, -0.2) is 9.97 Å². The van der Waals surface area contributed by atoms with Crippen molar-refractivity contribution in [1.82, 2.24) is 15.3 Å². The van der Waals surface area contributed by atoms with E-state index in [1.165, 1.54) is 19.3 Å². The number of para-hydroxylation sites is 1. The number of aryl methyl sites for hydroxylation is 1. The van der Waals surface area contributed by atoms with Gasteiger partial charge in [0.15, 0.2) is 0 Å². The second-order valence-electron chi connectivity index (χ2n) is 6.38. The van der Waals surface area contributed by atoms with Crippen LogP contribution < -0.4 is 11.1 Å². The fourth-order valence-electron chi connectivity index (χ4n) is 3.25. The SMILES string of the molecule is Cc1nc(N=C(N)NC(=O)CC2CCCCC2)nc2ccccc12. The number of nitrogens with one attached hydrogen (secondary N) is 1. The lowest BCUT2D eigenvalue weighted by molar-refractivity contribution is -0.120. The molecular formula is C18H23N5O. The number of fused-ring (bicyclic) bond motifs is 1. The normalized spacial score (nSPS) is 16.3. The smallest absolute Gasteiger partial charge is 0.253 e. The molecule has 0 unspecified atom stereocenters. The first-order valence-corrected chi connectivity index (χ1v) is 8.49. The van der Waals surface area contributed by atoms with E-state index < -0.39 is 0 Å². The van der Waals surface area contributed by atoms with E-state index in [0.717, 1.165) is 29.4 Å². The largest absolute Gasteiger partial charge is 0.369 e. The van der Waals surface area contributed by atoms with E-state index in [1.807, 2.05) is 31.2 Å². The molecule has 0 atom stereocenters. The maximum Gasteiger partial charge on any atom is 0.253 e. The van der Waals surface area contributed by atoms with Gasteiger partial charge in [-0.05, 0) is 31.7 Å². The van der Waals surface area contributed by atoms with Crippen LogP contribution in [0, 0.1) is 12.8 Å². The van der Waals surface area contributed by atoms with Crippen molar-refractivity contribution in [2.45, 2.75) is 45.4 Å². The molecule has 3 rings (SSSR count). The molecule has 3 N–H and O–H groups in total. The molecule has 6 nitrogen and oxygen atoms in total. The number of guanidine groups is 1. The molecule has 24 heavy (non-hydrogen) atoms. The Kier molecular flexibility index (Phi) is 5.03. The van der Waals surface area contributed by atoms with Gasteiger partial charge in [0, 0.05) is 11.8 Å². The number of rotatable bonds is 3. The van der Waals surface area contributed by atoms with E-state index >= 15 is 0 Å². The average Bonchev–Trinajstić information content (AvgIpc) is 2.55. The predicted octanol–water partition coefficient (Wildman–Crippen LogP) is 2.97. The number of benzene rings is 1. The molecule has 6 heteroatoms. The van der Waals surface area contributed by atoms with Crippen LogP contribution in [-0.2, 0) is 4.79 Å². The number of amides is 1. The molecule has 1 fully saturated rings. The van der Waals surface area contributed by atoms with Crippen molar-refractivity contribution in [3.63, 3.8) is 0 Å². The molecule has 1 aromatic carbocycles. The zero-order valence-electron chi connectivity index (χ0n) is 14.0. The van der Waals surface area contributed by atoms with Gasteiger partial charge in [0.2, 0.25) is 11.9 Å². The highest BCUT2D eigenvalue weighted by Crippen LogP contribution is 2.26. The highest BCUT2D eigenvalue weighted by atomic mass is 16.1. The number of nitrogens with two attached hydrogens (primary N) is 1. The molecule has 0 spiro atoms. The lowest BCUT2D eigenvalue weighted by atomic mass is 9.87. The maximum absolute atomic E-state index is 12.1. The Morgan fingerprint density at radius 3 is 2.79 bits per heavy atom. The van der Waals surface area contributed by atoms with Crippen LogP contribution in [0.25, 0.3) is 10.9 Å². The van der Waals surface area contributed by atoms with Crippen molar-refractivity contribution in [2.75, 3.05) is 0 Å². The van der Waals surface area contributed by atoms with Gasteiger partial charge in [0.05, 0.1) is 11.2 Å². The summed E-state index contributed by atoms with van der Waals surface area (Å²) in [6, 6.07) is 7.73.